The van der Waals surface area contributed by atoms with Crippen LogP contribution in [0.5, 0.6) is 0 Å². The predicted octanol–water partition coefficient (Wildman–Crippen LogP) is 3.16. The summed E-state index contributed by atoms with van der Waals surface area (Å²) in [7, 11) is 0. The molecule has 1 N–H and O–H groups in total. The van der Waals surface area contributed by atoms with E-state index in [4.69, 9.17) is 0 Å². The monoisotopic (exact) mass is 335 g/mol. The summed E-state index contributed by atoms with van der Waals surface area (Å²) < 4.78 is 2.89. The number of nitrogens with zero attached hydrogens (tertiary/aromatic N) is 2. The first-order chi connectivity index (χ1) is 9.66. The zero-order valence-electron chi connectivity index (χ0n) is 11.5. The summed E-state index contributed by atoms with van der Waals surface area (Å²) in [4.78, 5) is 12.0. The van der Waals surface area contributed by atoms with Crippen molar-refractivity contribution >= 4 is 21.8 Å². The smallest absolute Gasteiger partial charge is 0.251 e. The maximum absolute atomic E-state index is 12.0. The van der Waals surface area contributed by atoms with Crippen molar-refractivity contribution in [3.05, 3.63) is 52.3 Å². The zero-order chi connectivity index (χ0) is 14.4. The minimum Gasteiger partial charge on any atom is -0.352 e. The number of nitrogens with one attached hydrogen (secondary N) is 1. The Morgan fingerprint density at radius 1 is 1.35 bits per heavy atom. The van der Waals surface area contributed by atoms with E-state index >= 15 is 0 Å². The van der Waals surface area contributed by atoms with Crippen LogP contribution < -0.4 is 5.32 Å². The van der Waals surface area contributed by atoms with E-state index in [0.717, 1.165) is 35.0 Å². The fourth-order valence-corrected chi connectivity index (χ4v) is 2.31. The number of unbranched alkanes of at least 4 members (excludes halogenated alkanes) is 1. The van der Waals surface area contributed by atoms with Crippen molar-refractivity contribution in [3.63, 3.8) is 0 Å². The Kier molecular flexibility index (Phi) is 5.35. The molecule has 1 heterocycles. The first-order valence-corrected chi connectivity index (χ1v) is 7.48. The van der Waals surface area contributed by atoms with Crippen molar-refractivity contribution in [1.29, 1.82) is 0 Å². The van der Waals surface area contributed by atoms with Gasteiger partial charge in [-0.25, -0.2) is 0 Å². The Hall–Kier alpha value is -1.62. The van der Waals surface area contributed by atoms with E-state index in [-0.39, 0.29) is 5.91 Å². The van der Waals surface area contributed by atoms with Crippen LogP contribution >= 0.6 is 15.9 Å². The van der Waals surface area contributed by atoms with Crippen LogP contribution in [0.1, 0.15) is 28.8 Å². The van der Waals surface area contributed by atoms with E-state index in [0.29, 0.717) is 6.54 Å². The highest BCUT2D eigenvalue weighted by Crippen LogP contribution is 2.08. The molecule has 1 amide bonds. The van der Waals surface area contributed by atoms with Crippen molar-refractivity contribution in [1.82, 2.24) is 15.1 Å². The molecule has 0 aliphatic carbocycles. The van der Waals surface area contributed by atoms with Crippen molar-refractivity contribution in [2.75, 3.05) is 6.54 Å². The van der Waals surface area contributed by atoms with Crippen LogP contribution in [0.4, 0.5) is 0 Å². The maximum Gasteiger partial charge on any atom is 0.251 e. The van der Waals surface area contributed by atoms with Crippen LogP contribution in [0, 0.1) is 6.92 Å². The second-order valence-electron chi connectivity index (χ2n) is 4.70. The molecule has 20 heavy (non-hydrogen) atoms. The van der Waals surface area contributed by atoms with Gasteiger partial charge in [0.1, 0.15) is 0 Å². The molecule has 0 atom stereocenters. The van der Waals surface area contributed by atoms with E-state index in [9.17, 15) is 4.79 Å². The molecular weight excluding hydrogens is 318 g/mol. The third-order valence-corrected chi connectivity index (χ3v) is 3.50. The molecule has 0 saturated heterocycles. The van der Waals surface area contributed by atoms with Crippen LogP contribution in [-0.4, -0.2) is 22.2 Å². The van der Waals surface area contributed by atoms with Gasteiger partial charge in [-0.15, -0.1) is 0 Å². The molecule has 2 rings (SSSR count). The molecule has 2 aromatic rings. The summed E-state index contributed by atoms with van der Waals surface area (Å²) >= 11 is 3.37. The Morgan fingerprint density at radius 2 is 2.15 bits per heavy atom. The van der Waals surface area contributed by atoms with E-state index < -0.39 is 0 Å². The molecule has 0 aliphatic rings. The number of carbonyl (C=O) groups excluding carboxylic acids is 1. The molecule has 1 aromatic heterocycles. The molecule has 0 radical (unpaired) electrons. The molecule has 0 aliphatic heterocycles. The van der Waals surface area contributed by atoms with Gasteiger partial charge >= 0.3 is 0 Å². The van der Waals surface area contributed by atoms with Gasteiger partial charge in [0.25, 0.3) is 5.91 Å². The largest absolute Gasteiger partial charge is 0.352 e. The van der Waals surface area contributed by atoms with Crippen LogP contribution in [0.2, 0.25) is 0 Å². The van der Waals surface area contributed by atoms with Gasteiger partial charge in [-0.05, 0) is 47.3 Å². The van der Waals surface area contributed by atoms with Crippen LogP contribution in [0.3, 0.4) is 0 Å². The number of aromatic nitrogens is 2. The first-order valence-electron chi connectivity index (χ1n) is 6.68. The summed E-state index contributed by atoms with van der Waals surface area (Å²) in [5.74, 6) is 0.00457. The average Bonchev–Trinajstić information content (AvgIpc) is 2.84. The van der Waals surface area contributed by atoms with E-state index in [1.54, 1.807) is 6.20 Å². The lowest BCUT2D eigenvalue weighted by atomic mass is 10.1. The maximum atomic E-state index is 12.0. The van der Waals surface area contributed by atoms with Crippen molar-refractivity contribution in [2.45, 2.75) is 26.3 Å². The van der Waals surface area contributed by atoms with E-state index in [1.165, 1.54) is 0 Å². The topological polar surface area (TPSA) is 46.9 Å². The third-order valence-electron chi connectivity index (χ3n) is 3.09. The molecule has 0 unspecified atom stereocenters. The minimum atomic E-state index is 0.00457. The van der Waals surface area contributed by atoms with Crippen molar-refractivity contribution in [2.24, 2.45) is 0 Å². The summed E-state index contributed by atoms with van der Waals surface area (Å²) in [6.45, 7) is 3.51. The lowest BCUT2D eigenvalue weighted by Crippen LogP contribution is -2.25. The van der Waals surface area contributed by atoms with Gasteiger partial charge in [-0.1, -0.05) is 18.2 Å². The van der Waals surface area contributed by atoms with Gasteiger partial charge in [-0.3, -0.25) is 9.48 Å². The Labute approximate surface area is 127 Å². The highest BCUT2D eigenvalue weighted by Gasteiger charge is 2.06. The molecule has 4 nitrogen and oxygen atoms in total. The second kappa shape index (κ2) is 7.24. The fraction of sp³-hybridized carbons (Fsp3) is 0.333. The van der Waals surface area contributed by atoms with Gasteiger partial charge in [-0.2, -0.15) is 5.10 Å². The Balaban J connectivity index is 1.68. The number of halogens is 1. The Morgan fingerprint density at radius 3 is 2.85 bits per heavy atom. The summed E-state index contributed by atoms with van der Waals surface area (Å²) in [6, 6.07) is 7.63. The molecule has 0 fully saturated rings. The molecule has 106 valence electrons. The normalized spacial score (nSPS) is 10.5. The number of aryl methyl sites for hydroxylation is 2. The quantitative estimate of drug-likeness (QED) is 0.824. The standard InChI is InChI=1S/C15H18BrN3O/c1-12-6-2-3-7-14(12)15(20)17-8-4-5-9-19-11-13(16)10-18-19/h2-3,6-7,10-11H,4-5,8-9H2,1H3,(H,17,20). The average molecular weight is 336 g/mol. The van der Waals surface area contributed by atoms with Gasteiger partial charge in [0.05, 0.1) is 10.7 Å². The SMILES string of the molecule is Cc1ccccc1C(=O)NCCCCn1cc(Br)cn1. The summed E-state index contributed by atoms with van der Waals surface area (Å²) in [5.41, 5.74) is 1.76. The van der Waals surface area contributed by atoms with Gasteiger partial charge in [0.15, 0.2) is 0 Å². The molecular formula is C15H18BrN3O. The van der Waals surface area contributed by atoms with Gasteiger partial charge < -0.3 is 5.32 Å². The zero-order valence-corrected chi connectivity index (χ0v) is 13.1. The van der Waals surface area contributed by atoms with Crippen LogP contribution in [0.15, 0.2) is 41.1 Å². The third kappa shape index (κ3) is 4.20. The molecule has 0 bridgehead atoms. The number of hydrogen-bond donors (Lipinski definition) is 1. The van der Waals surface area contributed by atoms with Gasteiger partial charge in [0.2, 0.25) is 0 Å². The van der Waals surface area contributed by atoms with Crippen LogP contribution in [0.25, 0.3) is 0 Å². The Bertz CT molecular complexity index is 580. The molecule has 1 aromatic carbocycles. The van der Waals surface area contributed by atoms with E-state index in [1.807, 2.05) is 42.1 Å². The highest BCUT2D eigenvalue weighted by atomic mass is 79.9. The highest BCUT2D eigenvalue weighted by molar-refractivity contribution is 9.10. The minimum absolute atomic E-state index is 0.00457. The van der Waals surface area contributed by atoms with E-state index in [2.05, 4.69) is 26.3 Å². The predicted molar refractivity (Wildman–Crippen MR) is 82.7 cm³/mol. The number of carbonyl (C=O) groups is 1. The number of rotatable bonds is 6. The summed E-state index contributed by atoms with van der Waals surface area (Å²) in [6.07, 6.45) is 5.66. The number of amides is 1. The van der Waals surface area contributed by atoms with Crippen LogP contribution in [-0.2, 0) is 6.54 Å². The lowest BCUT2D eigenvalue weighted by Gasteiger charge is -2.07. The van der Waals surface area contributed by atoms with Crippen molar-refractivity contribution in [3.8, 4) is 0 Å². The first kappa shape index (κ1) is 14.8. The number of benzene rings is 1. The molecule has 0 spiro atoms. The molecule has 5 heteroatoms. The summed E-state index contributed by atoms with van der Waals surface area (Å²) in [5, 5.41) is 7.14. The lowest BCUT2D eigenvalue weighted by molar-refractivity contribution is 0.0952. The second-order valence-corrected chi connectivity index (χ2v) is 5.62. The molecule has 0 saturated carbocycles. The van der Waals surface area contributed by atoms with Gasteiger partial charge in [0, 0.05) is 24.8 Å². The van der Waals surface area contributed by atoms with Crippen molar-refractivity contribution < 1.29 is 4.79 Å². The fourth-order valence-electron chi connectivity index (χ4n) is 1.98. The number of hydrogen-bond acceptors (Lipinski definition) is 2.